The fourth-order valence-corrected chi connectivity index (χ4v) is 6.36. The highest BCUT2D eigenvalue weighted by molar-refractivity contribution is 6.31. The molecular weight excluding hydrogens is 636 g/mol. The number of carbonyl (C=O) groups excluding carboxylic acids is 3. The number of ether oxygens (including phenoxy) is 4. The fraction of sp³-hybridized carbons (Fsp3) is 0.639. The van der Waals surface area contributed by atoms with Crippen LogP contribution in [-0.2, 0) is 19.1 Å². The molecule has 1 saturated carbocycles. The number of unbranched alkanes of at least 4 members (excludes halogenated alkanes) is 1. The molecule has 6 atom stereocenters. The summed E-state index contributed by atoms with van der Waals surface area (Å²) in [7, 11) is 1.56. The molecule has 2 heterocycles. The summed E-state index contributed by atoms with van der Waals surface area (Å²) in [5.41, 5.74) is 0.381. The van der Waals surface area contributed by atoms with Crippen LogP contribution in [0.2, 0.25) is 5.15 Å². The lowest BCUT2D eigenvalue weighted by Gasteiger charge is -2.35. The van der Waals surface area contributed by atoms with E-state index in [0.717, 1.165) is 32.1 Å². The van der Waals surface area contributed by atoms with Crippen molar-refractivity contribution < 1.29 is 33.3 Å². The lowest BCUT2D eigenvalue weighted by atomic mass is 9.85. The zero-order chi connectivity index (χ0) is 35.2. The topological polar surface area (TPSA) is 129 Å². The highest BCUT2D eigenvalue weighted by Crippen LogP contribution is 2.39. The highest BCUT2D eigenvalue weighted by Gasteiger charge is 2.52. The Labute approximate surface area is 289 Å². The standard InChI is InChI=1S/C36H51ClN4O7/c1-9-11-12-14-22-17-27(22)48-35(44)40-30(36(5,6)7)33(42)41-19-28(24(13-10-2)29(41)34(43)46-20-21(3)4)47-32-31(37)38-25-16-15-23(45-8)18-26(25)39-32/h9,15-16,18,21-22,24,27-30H,1,10-14,17,19-20H2,2-8H3,(H,40,44)/t22-,24-,27-,28+,29+,30-/m1/s1. The molecule has 2 fully saturated rings. The Bertz CT molecular complexity index is 1460. The average Bonchev–Trinajstić information content (AvgIpc) is 3.66. The van der Waals surface area contributed by atoms with E-state index in [0.29, 0.717) is 29.1 Å². The van der Waals surface area contributed by atoms with Gasteiger partial charge in [0, 0.05) is 12.0 Å². The lowest BCUT2D eigenvalue weighted by Crippen LogP contribution is -2.57. The fourth-order valence-electron chi connectivity index (χ4n) is 6.18. The van der Waals surface area contributed by atoms with Gasteiger partial charge < -0.3 is 29.2 Å². The summed E-state index contributed by atoms with van der Waals surface area (Å²) in [6, 6.07) is 3.32. The van der Waals surface area contributed by atoms with E-state index >= 15 is 0 Å². The number of fused-ring (bicyclic) bond motifs is 1. The number of amides is 2. The summed E-state index contributed by atoms with van der Waals surface area (Å²) in [4.78, 5) is 52.0. The number of methoxy groups -OCH3 is 1. The smallest absolute Gasteiger partial charge is 0.408 e. The molecule has 2 amide bonds. The molecule has 1 aliphatic carbocycles. The van der Waals surface area contributed by atoms with E-state index in [1.165, 1.54) is 4.90 Å². The van der Waals surface area contributed by atoms with E-state index in [-0.39, 0.29) is 36.2 Å². The first kappa shape index (κ1) is 37.2. The maximum absolute atomic E-state index is 14.5. The van der Waals surface area contributed by atoms with Crippen molar-refractivity contribution in [2.24, 2.45) is 23.2 Å². The number of rotatable bonds is 15. The first-order chi connectivity index (χ1) is 22.8. The quantitative estimate of drug-likeness (QED) is 0.123. The van der Waals surface area contributed by atoms with Crippen molar-refractivity contribution in [1.82, 2.24) is 20.2 Å². The number of hydrogen-bond donors (Lipinski definition) is 1. The number of halogens is 1. The number of allylic oxidation sites excluding steroid dienone is 1. The number of aromatic nitrogens is 2. The van der Waals surface area contributed by atoms with Gasteiger partial charge in [-0.3, -0.25) is 4.79 Å². The van der Waals surface area contributed by atoms with Crippen molar-refractivity contribution in [3.8, 4) is 11.6 Å². The lowest BCUT2D eigenvalue weighted by molar-refractivity contribution is -0.157. The molecule has 4 rings (SSSR count). The summed E-state index contributed by atoms with van der Waals surface area (Å²) >= 11 is 6.55. The molecule has 1 aromatic heterocycles. The van der Waals surface area contributed by atoms with Gasteiger partial charge in [0.2, 0.25) is 5.91 Å². The van der Waals surface area contributed by atoms with E-state index < -0.39 is 47.5 Å². The summed E-state index contributed by atoms with van der Waals surface area (Å²) < 4.78 is 23.2. The Morgan fingerprint density at radius 3 is 2.54 bits per heavy atom. The predicted molar refractivity (Wildman–Crippen MR) is 184 cm³/mol. The van der Waals surface area contributed by atoms with Gasteiger partial charge in [0.05, 0.1) is 31.3 Å². The number of esters is 1. The Morgan fingerprint density at radius 2 is 1.90 bits per heavy atom. The number of benzene rings is 1. The Hall–Kier alpha value is -3.60. The third kappa shape index (κ3) is 9.30. The zero-order valence-electron chi connectivity index (χ0n) is 29.3. The maximum atomic E-state index is 14.5. The Morgan fingerprint density at radius 1 is 1.15 bits per heavy atom. The monoisotopic (exact) mass is 686 g/mol. The van der Waals surface area contributed by atoms with Crippen LogP contribution < -0.4 is 14.8 Å². The molecule has 264 valence electrons. The highest BCUT2D eigenvalue weighted by atomic mass is 35.5. The van der Waals surface area contributed by atoms with Crippen LogP contribution in [0.4, 0.5) is 4.79 Å². The molecule has 1 N–H and O–H groups in total. The largest absolute Gasteiger partial charge is 0.497 e. The van der Waals surface area contributed by atoms with Crippen LogP contribution in [0.5, 0.6) is 11.6 Å². The van der Waals surface area contributed by atoms with Crippen LogP contribution >= 0.6 is 11.6 Å². The number of likely N-dealkylation sites (tertiary alicyclic amines) is 1. The molecule has 11 nitrogen and oxygen atoms in total. The molecule has 12 heteroatoms. The minimum atomic E-state index is -0.985. The summed E-state index contributed by atoms with van der Waals surface area (Å²) in [5.74, 6) is -0.266. The van der Waals surface area contributed by atoms with Crippen LogP contribution in [0.25, 0.3) is 11.0 Å². The number of hydrogen-bond acceptors (Lipinski definition) is 9. The van der Waals surface area contributed by atoms with Gasteiger partial charge in [-0.25, -0.2) is 19.6 Å². The van der Waals surface area contributed by atoms with E-state index in [1.807, 2.05) is 47.6 Å². The molecule has 2 aliphatic rings. The second-order valence-electron chi connectivity index (χ2n) is 14.3. The van der Waals surface area contributed by atoms with Gasteiger partial charge in [0.1, 0.15) is 30.0 Å². The Kier molecular flexibility index (Phi) is 12.6. The maximum Gasteiger partial charge on any atom is 0.408 e. The normalized spacial score (nSPS) is 22.7. The average molecular weight is 687 g/mol. The first-order valence-corrected chi connectivity index (χ1v) is 17.4. The van der Waals surface area contributed by atoms with Crippen LogP contribution in [0, 0.1) is 23.2 Å². The third-order valence-corrected chi connectivity index (χ3v) is 9.08. The molecular formula is C36H51ClN4O7. The second kappa shape index (κ2) is 16.2. The molecule has 1 aromatic carbocycles. The summed E-state index contributed by atoms with van der Waals surface area (Å²) in [6.45, 7) is 15.5. The van der Waals surface area contributed by atoms with Gasteiger partial charge in [-0.2, -0.15) is 0 Å². The van der Waals surface area contributed by atoms with E-state index in [4.69, 9.17) is 30.5 Å². The number of nitrogens with one attached hydrogen (secondary N) is 1. The van der Waals surface area contributed by atoms with Crippen molar-refractivity contribution >= 4 is 40.6 Å². The summed E-state index contributed by atoms with van der Waals surface area (Å²) in [5, 5.41) is 2.90. The van der Waals surface area contributed by atoms with Gasteiger partial charge in [0.25, 0.3) is 5.88 Å². The van der Waals surface area contributed by atoms with Crippen molar-refractivity contribution in [3.05, 3.63) is 36.0 Å². The number of alkyl carbamates (subject to hydrolysis) is 1. The van der Waals surface area contributed by atoms with Crippen LogP contribution in [0.15, 0.2) is 30.9 Å². The van der Waals surface area contributed by atoms with E-state index in [1.54, 1.807) is 25.3 Å². The molecule has 0 spiro atoms. The van der Waals surface area contributed by atoms with Crippen molar-refractivity contribution in [3.63, 3.8) is 0 Å². The molecule has 48 heavy (non-hydrogen) atoms. The SMILES string of the molecule is C=CCCC[C@@H]1C[C@H]1OC(=O)N[C@H](C(=O)N1C[C@H](Oc2nc3cc(OC)ccc3nc2Cl)[C@@H](CCC)[C@H]1C(=O)OCC(C)C)C(C)(C)C. The molecule has 1 aliphatic heterocycles. The van der Waals surface area contributed by atoms with Gasteiger partial charge in [-0.1, -0.05) is 65.6 Å². The molecule has 0 bridgehead atoms. The van der Waals surface area contributed by atoms with Crippen LogP contribution in [-0.4, -0.2) is 77.4 Å². The van der Waals surface area contributed by atoms with E-state index in [9.17, 15) is 14.4 Å². The first-order valence-electron chi connectivity index (χ1n) is 17.0. The van der Waals surface area contributed by atoms with E-state index in [2.05, 4.69) is 21.9 Å². The number of nitrogens with zero attached hydrogens (tertiary/aromatic N) is 3. The second-order valence-corrected chi connectivity index (χ2v) is 14.7. The molecule has 2 aromatic rings. The van der Waals surface area contributed by atoms with Gasteiger partial charge in [-0.05, 0) is 61.5 Å². The molecule has 0 unspecified atom stereocenters. The van der Waals surface area contributed by atoms with Gasteiger partial charge in [0.15, 0.2) is 5.15 Å². The number of carbonyl (C=O) groups is 3. The Balaban J connectivity index is 1.61. The molecule has 1 saturated heterocycles. The van der Waals surface area contributed by atoms with Crippen LogP contribution in [0.3, 0.4) is 0 Å². The minimum absolute atomic E-state index is 0.0520. The van der Waals surface area contributed by atoms with Gasteiger partial charge >= 0.3 is 12.1 Å². The summed E-state index contributed by atoms with van der Waals surface area (Å²) in [6.07, 6.45) is 5.37. The van der Waals surface area contributed by atoms with Crippen molar-refractivity contribution in [2.45, 2.75) is 104 Å². The van der Waals surface area contributed by atoms with Crippen LogP contribution in [0.1, 0.15) is 80.1 Å². The minimum Gasteiger partial charge on any atom is -0.497 e. The predicted octanol–water partition coefficient (Wildman–Crippen LogP) is 6.75. The van der Waals surface area contributed by atoms with Crippen molar-refractivity contribution in [2.75, 3.05) is 20.3 Å². The zero-order valence-corrected chi connectivity index (χ0v) is 30.0. The third-order valence-electron chi connectivity index (χ3n) is 8.84. The molecule has 0 radical (unpaired) electrons. The van der Waals surface area contributed by atoms with Gasteiger partial charge in [-0.15, -0.1) is 6.58 Å². The van der Waals surface area contributed by atoms with Crippen molar-refractivity contribution in [1.29, 1.82) is 0 Å².